The Labute approximate surface area is 196 Å². The fourth-order valence-electron chi connectivity index (χ4n) is 4.84. The first-order chi connectivity index (χ1) is 16.6. The number of carbonyl (C=O) groups is 1. The van der Waals surface area contributed by atoms with E-state index >= 15 is 0 Å². The molecule has 1 atom stereocenters. The van der Waals surface area contributed by atoms with Gasteiger partial charge in [-0.3, -0.25) is 4.79 Å². The quantitative estimate of drug-likeness (QED) is 0.597. The summed E-state index contributed by atoms with van der Waals surface area (Å²) in [7, 11) is 0. The second kappa shape index (κ2) is 8.27. The molecule has 0 spiro atoms. The predicted molar refractivity (Wildman–Crippen MR) is 127 cm³/mol. The summed E-state index contributed by atoms with van der Waals surface area (Å²) in [6.45, 7) is 4.71. The van der Waals surface area contributed by atoms with Gasteiger partial charge in [-0.1, -0.05) is 6.07 Å². The van der Waals surface area contributed by atoms with Crippen molar-refractivity contribution in [1.82, 2.24) is 19.7 Å². The Bertz CT molecular complexity index is 1300. The fourth-order valence-corrected chi connectivity index (χ4v) is 4.84. The van der Waals surface area contributed by atoms with Gasteiger partial charge in [0.25, 0.3) is 5.91 Å². The number of aromatic nitrogens is 4. The van der Waals surface area contributed by atoms with Crippen LogP contribution in [0.1, 0.15) is 43.0 Å². The van der Waals surface area contributed by atoms with Crippen LogP contribution in [0, 0.1) is 5.92 Å². The van der Waals surface area contributed by atoms with Crippen LogP contribution in [0.5, 0.6) is 0 Å². The summed E-state index contributed by atoms with van der Waals surface area (Å²) in [5, 5.41) is 7.54. The Kier molecular flexibility index (Phi) is 5.08. The van der Waals surface area contributed by atoms with Crippen molar-refractivity contribution in [3.05, 3.63) is 46.6 Å². The smallest absolute Gasteiger partial charge is 0.388 e. The first-order valence-corrected chi connectivity index (χ1v) is 12.0. The molecule has 2 aliphatic heterocycles. The van der Waals surface area contributed by atoms with Gasteiger partial charge in [0.15, 0.2) is 0 Å². The van der Waals surface area contributed by atoms with Crippen LogP contribution in [-0.2, 0) is 6.54 Å². The minimum Gasteiger partial charge on any atom is -0.388 e. The number of anilines is 3. The Morgan fingerprint density at radius 3 is 2.91 bits per heavy atom. The van der Waals surface area contributed by atoms with E-state index in [2.05, 4.69) is 25.3 Å². The lowest BCUT2D eigenvalue weighted by molar-refractivity contribution is 0.0988. The van der Waals surface area contributed by atoms with Crippen molar-refractivity contribution in [3.63, 3.8) is 0 Å². The van der Waals surface area contributed by atoms with Gasteiger partial charge >= 0.3 is 5.76 Å². The third-order valence-corrected chi connectivity index (χ3v) is 6.76. The van der Waals surface area contributed by atoms with E-state index in [0.29, 0.717) is 48.4 Å². The summed E-state index contributed by atoms with van der Waals surface area (Å²) in [6.07, 6.45) is 5.92. The average Bonchev–Trinajstić information content (AvgIpc) is 3.44. The number of amides is 1. The molecule has 1 aromatic carbocycles. The lowest BCUT2D eigenvalue weighted by Crippen LogP contribution is -2.39. The van der Waals surface area contributed by atoms with E-state index in [9.17, 15) is 9.59 Å². The van der Waals surface area contributed by atoms with Gasteiger partial charge in [0, 0.05) is 43.1 Å². The van der Waals surface area contributed by atoms with E-state index in [1.54, 1.807) is 11.1 Å². The molecule has 1 aliphatic carbocycles. The monoisotopic (exact) mass is 461 g/mol. The number of nitrogens with one attached hydrogen (secondary N) is 1. The Morgan fingerprint density at radius 1 is 1.21 bits per heavy atom. The van der Waals surface area contributed by atoms with Gasteiger partial charge in [-0.15, -0.1) is 5.10 Å². The molecule has 2 aromatic heterocycles. The number of nitrogens with zero attached hydrogens (tertiary/aromatic N) is 6. The summed E-state index contributed by atoms with van der Waals surface area (Å²) in [5.74, 6) is 1.44. The van der Waals surface area contributed by atoms with Crippen molar-refractivity contribution < 1.29 is 9.21 Å². The van der Waals surface area contributed by atoms with Crippen LogP contribution in [0.3, 0.4) is 0 Å². The number of hydrogen-bond donors (Lipinski definition) is 1. The number of rotatable bonds is 6. The second-order valence-corrected chi connectivity index (χ2v) is 9.22. The number of carbonyl (C=O) groups excluding carboxylic acids is 1. The molecule has 2 fully saturated rings. The maximum atomic E-state index is 13.7. The second-order valence-electron chi connectivity index (χ2n) is 9.22. The molecule has 0 radical (unpaired) electrons. The molecule has 1 saturated carbocycles. The van der Waals surface area contributed by atoms with Crippen LogP contribution in [0.4, 0.5) is 17.5 Å². The highest BCUT2D eigenvalue weighted by molar-refractivity contribution is 6.10. The zero-order valence-corrected chi connectivity index (χ0v) is 19.1. The normalized spacial score (nSPS) is 19.7. The number of fused-ring (bicyclic) bond motifs is 3. The van der Waals surface area contributed by atoms with Gasteiger partial charge in [-0.25, -0.2) is 9.78 Å². The maximum Gasteiger partial charge on any atom is 0.437 e. The summed E-state index contributed by atoms with van der Waals surface area (Å²) >= 11 is 0. The van der Waals surface area contributed by atoms with Crippen molar-refractivity contribution >= 4 is 23.4 Å². The standard InChI is InChI=1S/C24H27N7O3/c1-2-25-23-26-12-19-20(27-23)29-10-4-7-18(29)14-30(22(19)32)17-6-3-5-16(11-17)21-28-31(24(33)34-21)13-15-8-9-15/h3,5-6,11-12,15,18H,2,4,7-10,13-14H2,1H3,(H,25,26,27). The maximum absolute atomic E-state index is 13.7. The summed E-state index contributed by atoms with van der Waals surface area (Å²) < 4.78 is 6.85. The minimum absolute atomic E-state index is 0.134. The molecule has 34 heavy (non-hydrogen) atoms. The van der Waals surface area contributed by atoms with Gasteiger partial charge in [0.1, 0.15) is 11.4 Å². The molecule has 6 rings (SSSR count). The summed E-state index contributed by atoms with van der Waals surface area (Å²) in [4.78, 5) is 39.0. The minimum atomic E-state index is -0.442. The molecule has 10 nitrogen and oxygen atoms in total. The van der Waals surface area contributed by atoms with Crippen LogP contribution in [-0.4, -0.2) is 51.3 Å². The lowest BCUT2D eigenvalue weighted by Gasteiger charge is -2.27. The first-order valence-electron chi connectivity index (χ1n) is 12.0. The molecule has 1 N–H and O–H groups in total. The van der Waals surface area contributed by atoms with Gasteiger partial charge < -0.3 is 19.5 Å². The Hall–Kier alpha value is -3.69. The SMILES string of the molecule is CCNc1ncc2c(n1)N1CCCC1CN(c1cccc(-c3nn(CC4CC4)c(=O)o3)c1)C2=O. The zero-order valence-electron chi connectivity index (χ0n) is 19.1. The Morgan fingerprint density at radius 2 is 2.09 bits per heavy atom. The lowest BCUT2D eigenvalue weighted by atomic mass is 10.1. The third-order valence-electron chi connectivity index (χ3n) is 6.76. The van der Waals surface area contributed by atoms with E-state index in [0.717, 1.165) is 37.9 Å². The van der Waals surface area contributed by atoms with Crippen LogP contribution in [0.2, 0.25) is 0 Å². The van der Waals surface area contributed by atoms with Crippen molar-refractivity contribution in [2.45, 2.75) is 45.2 Å². The van der Waals surface area contributed by atoms with Crippen LogP contribution in [0.25, 0.3) is 11.5 Å². The molecule has 1 saturated heterocycles. The van der Waals surface area contributed by atoms with E-state index < -0.39 is 5.76 Å². The molecule has 3 aromatic rings. The molecule has 3 aliphatic rings. The number of benzene rings is 1. The van der Waals surface area contributed by atoms with E-state index in [4.69, 9.17) is 4.42 Å². The fraction of sp³-hybridized carbons (Fsp3) is 0.458. The molecule has 1 unspecified atom stereocenters. The average molecular weight is 462 g/mol. The van der Waals surface area contributed by atoms with Crippen LogP contribution < -0.4 is 20.9 Å². The number of hydrogen-bond acceptors (Lipinski definition) is 8. The van der Waals surface area contributed by atoms with Gasteiger partial charge in [-0.05, 0) is 56.7 Å². The van der Waals surface area contributed by atoms with Crippen molar-refractivity contribution in [3.8, 4) is 11.5 Å². The van der Waals surface area contributed by atoms with Gasteiger partial charge in [0.2, 0.25) is 11.8 Å². The first kappa shape index (κ1) is 20.9. The highest BCUT2D eigenvalue weighted by atomic mass is 16.4. The molecule has 10 heteroatoms. The van der Waals surface area contributed by atoms with Crippen molar-refractivity contribution in [1.29, 1.82) is 0 Å². The van der Waals surface area contributed by atoms with E-state index in [-0.39, 0.29) is 17.8 Å². The Balaban J connectivity index is 1.36. The third kappa shape index (κ3) is 3.72. The van der Waals surface area contributed by atoms with E-state index in [1.807, 2.05) is 31.2 Å². The van der Waals surface area contributed by atoms with E-state index in [1.165, 1.54) is 4.68 Å². The summed E-state index contributed by atoms with van der Waals surface area (Å²) in [5.41, 5.74) is 1.90. The summed E-state index contributed by atoms with van der Waals surface area (Å²) in [6, 6.07) is 7.65. The molecular formula is C24H27N7O3. The van der Waals surface area contributed by atoms with Crippen molar-refractivity contribution in [2.24, 2.45) is 5.92 Å². The molecule has 176 valence electrons. The molecule has 4 heterocycles. The topological polar surface area (TPSA) is 109 Å². The highest BCUT2D eigenvalue weighted by Crippen LogP contribution is 2.35. The van der Waals surface area contributed by atoms with Crippen LogP contribution in [0.15, 0.2) is 39.7 Å². The molecule has 0 bridgehead atoms. The zero-order chi connectivity index (χ0) is 23.2. The van der Waals surface area contributed by atoms with Gasteiger partial charge in [0.05, 0.1) is 6.54 Å². The van der Waals surface area contributed by atoms with Gasteiger partial charge in [-0.2, -0.15) is 9.67 Å². The van der Waals surface area contributed by atoms with Crippen molar-refractivity contribution in [2.75, 3.05) is 34.8 Å². The highest BCUT2D eigenvalue weighted by Gasteiger charge is 2.37. The van der Waals surface area contributed by atoms with Crippen LogP contribution >= 0.6 is 0 Å². The predicted octanol–water partition coefficient (Wildman–Crippen LogP) is 2.76. The molecular weight excluding hydrogens is 434 g/mol. The largest absolute Gasteiger partial charge is 0.437 e. The molecule has 1 amide bonds.